The van der Waals surface area contributed by atoms with Crippen molar-refractivity contribution >= 4 is 18.3 Å². The molecule has 0 saturated carbocycles. The number of hydrogen-bond donors (Lipinski definition) is 1. The largest absolute Gasteiger partial charge is 0.493 e. The quantitative estimate of drug-likeness (QED) is 0.632. The Hall–Kier alpha value is -2.64. The first-order chi connectivity index (χ1) is 13.5. The van der Waals surface area contributed by atoms with Gasteiger partial charge in [0.05, 0.1) is 21.3 Å². The summed E-state index contributed by atoms with van der Waals surface area (Å²) in [5.41, 5.74) is 1.32. The number of ether oxygens (including phenoxy) is 4. The van der Waals surface area contributed by atoms with Gasteiger partial charge >= 0.3 is 0 Å². The van der Waals surface area contributed by atoms with Crippen LogP contribution in [0.3, 0.4) is 0 Å². The average molecular weight is 425 g/mol. The maximum Gasteiger partial charge on any atom is 0.251 e. The van der Waals surface area contributed by atoms with Gasteiger partial charge in [0, 0.05) is 24.2 Å². The number of amides is 1. The fourth-order valence-corrected chi connectivity index (χ4v) is 2.62. The zero-order valence-electron chi connectivity index (χ0n) is 17.5. The monoisotopic (exact) mass is 424 g/mol. The molecule has 7 nitrogen and oxygen atoms in total. The van der Waals surface area contributed by atoms with Gasteiger partial charge in [0.15, 0.2) is 11.5 Å². The van der Waals surface area contributed by atoms with Crippen LogP contribution in [-0.4, -0.2) is 59.4 Å². The summed E-state index contributed by atoms with van der Waals surface area (Å²) in [7, 11) is 8.54. The number of methoxy groups -OCH3 is 3. The zero-order chi connectivity index (χ0) is 20.5. The summed E-state index contributed by atoms with van der Waals surface area (Å²) >= 11 is 0. The lowest BCUT2D eigenvalue weighted by Gasteiger charge is -2.15. The van der Waals surface area contributed by atoms with E-state index < -0.39 is 0 Å². The van der Waals surface area contributed by atoms with Gasteiger partial charge in [0.1, 0.15) is 12.4 Å². The van der Waals surface area contributed by atoms with Crippen molar-refractivity contribution in [3.05, 3.63) is 47.5 Å². The number of nitrogens with zero attached hydrogens (tertiary/aromatic N) is 1. The Labute approximate surface area is 178 Å². The van der Waals surface area contributed by atoms with E-state index in [1.54, 1.807) is 12.1 Å². The molecule has 2 aromatic rings. The van der Waals surface area contributed by atoms with E-state index in [1.165, 1.54) is 21.3 Å². The van der Waals surface area contributed by atoms with Crippen LogP contribution in [0.5, 0.6) is 23.0 Å². The Balaban J connectivity index is 0.00000420. The molecule has 160 valence electrons. The number of rotatable bonds is 10. The molecular weight excluding hydrogens is 396 g/mol. The Morgan fingerprint density at radius 2 is 1.59 bits per heavy atom. The molecule has 0 aliphatic rings. The number of hydrogen-bond acceptors (Lipinski definition) is 6. The number of halogens is 1. The first-order valence-electron chi connectivity index (χ1n) is 8.93. The molecule has 0 aliphatic heterocycles. The molecule has 0 aromatic heterocycles. The summed E-state index contributed by atoms with van der Waals surface area (Å²) in [6.07, 6.45) is 0. The van der Waals surface area contributed by atoms with Crippen molar-refractivity contribution < 1.29 is 23.7 Å². The molecule has 2 aromatic carbocycles. The maximum absolute atomic E-state index is 12.7. The van der Waals surface area contributed by atoms with Gasteiger partial charge in [0.25, 0.3) is 5.91 Å². The highest BCUT2D eigenvalue weighted by atomic mass is 35.5. The van der Waals surface area contributed by atoms with Gasteiger partial charge in [0.2, 0.25) is 5.75 Å². The lowest BCUT2D eigenvalue weighted by atomic mass is 10.1. The molecule has 0 heterocycles. The second kappa shape index (κ2) is 12.0. The molecular formula is C21H29ClN2O5. The predicted octanol–water partition coefficient (Wildman–Crippen LogP) is 3.00. The van der Waals surface area contributed by atoms with E-state index >= 15 is 0 Å². The van der Waals surface area contributed by atoms with E-state index in [2.05, 4.69) is 10.2 Å². The summed E-state index contributed by atoms with van der Waals surface area (Å²) in [5.74, 6) is 1.82. The van der Waals surface area contributed by atoms with E-state index in [-0.39, 0.29) is 18.3 Å². The molecule has 0 spiro atoms. The van der Waals surface area contributed by atoms with Crippen LogP contribution < -0.4 is 24.3 Å². The minimum absolute atomic E-state index is 0. The third kappa shape index (κ3) is 6.73. The minimum atomic E-state index is -0.248. The van der Waals surface area contributed by atoms with E-state index in [0.717, 1.165) is 17.9 Å². The summed E-state index contributed by atoms with van der Waals surface area (Å²) in [4.78, 5) is 14.7. The van der Waals surface area contributed by atoms with Crippen LogP contribution in [0.1, 0.15) is 15.9 Å². The maximum atomic E-state index is 12.7. The van der Waals surface area contributed by atoms with E-state index in [4.69, 9.17) is 18.9 Å². The molecule has 0 atom stereocenters. The average Bonchev–Trinajstić information content (AvgIpc) is 2.71. The van der Waals surface area contributed by atoms with Crippen molar-refractivity contribution in [3.63, 3.8) is 0 Å². The van der Waals surface area contributed by atoms with Gasteiger partial charge < -0.3 is 29.2 Å². The van der Waals surface area contributed by atoms with Gasteiger partial charge in [-0.25, -0.2) is 0 Å². The summed E-state index contributed by atoms with van der Waals surface area (Å²) in [6.45, 7) is 1.73. The predicted molar refractivity (Wildman–Crippen MR) is 115 cm³/mol. The molecule has 2 rings (SSSR count). The fourth-order valence-electron chi connectivity index (χ4n) is 2.62. The Morgan fingerprint density at radius 3 is 2.14 bits per heavy atom. The minimum Gasteiger partial charge on any atom is -0.493 e. The number of nitrogens with one attached hydrogen (secondary N) is 1. The molecule has 0 saturated heterocycles. The molecule has 0 radical (unpaired) electrons. The number of carbonyl (C=O) groups is 1. The number of para-hydroxylation sites is 1. The van der Waals surface area contributed by atoms with Crippen molar-refractivity contribution in [2.75, 3.05) is 48.6 Å². The van der Waals surface area contributed by atoms with Crippen molar-refractivity contribution in [2.45, 2.75) is 6.54 Å². The topological polar surface area (TPSA) is 69.3 Å². The number of benzene rings is 2. The van der Waals surface area contributed by atoms with Crippen molar-refractivity contribution in [3.8, 4) is 23.0 Å². The third-order valence-electron chi connectivity index (χ3n) is 4.13. The van der Waals surface area contributed by atoms with E-state index in [1.807, 2.05) is 38.4 Å². The molecule has 29 heavy (non-hydrogen) atoms. The Kier molecular flexibility index (Phi) is 10.1. The van der Waals surface area contributed by atoms with Crippen molar-refractivity contribution in [2.24, 2.45) is 0 Å². The SMILES string of the molecule is COc1cc(C(=O)NCc2ccccc2OCCN(C)C)cc(OC)c1OC.Cl. The van der Waals surface area contributed by atoms with Crippen LogP contribution >= 0.6 is 12.4 Å². The lowest BCUT2D eigenvalue weighted by molar-refractivity contribution is 0.0949. The normalized spacial score (nSPS) is 10.1. The fraction of sp³-hybridized carbons (Fsp3) is 0.381. The Bertz CT molecular complexity index is 773. The third-order valence-corrected chi connectivity index (χ3v) is 4.13. The van der Waals surface area contributed by atoms with Crippen LogP contribution in [0, 0.1) is 0 Å². The Morgan fingerprint density at radius 1 is 0.966 bits per heavy atom. The molecule has 0 bridgehead atoms. The lowest BCUT2D eigenvalue weighted by Crippen LogP contribution is -2.24. The van der Waals surface area contributed by atoms with Gasteiger partial charge in [-0.05, 0) is 32.3 Å². The smallest absolute Gasteiger partial charge is 0.251 e. The highest BCUT2D eigenvalue weighted by Crippen LogP contribution is 2.38. The molecule has 0 unspecified atom stereocenters. The second-order valence-corrected chi connectivity index (χ2v) is 6.36. The highest BCUT2D eigenvalue weighted by molar-refractivity contribution is 5.95. The van der Waals surface area contributed by atoms with Gasteiger partial charge in [-0.1, -0.05) is 18.2 Å². The zero-order valence-corrected chi connectivity index (χ0v) is 18.3. The molecule has 1 N–H and O–H groups in total. The van der Waals surface area contributed by atoms with E-state index in [0.29, 0.717) is 36.0 Å². The van der Waals surface area contributed by atoms with Gasteiger partial charge in [-0.3, -0.25) is 4.79 Å². The standard InChI is InChI=1S/C21H28N2O5.ClH/c1-23(2)10-11-28-17-9-7-6-8-15(17)14-22-21(24)16-12-18(25-3)20(27-5)19(13-16)26-4;/h6-9,12-13H,10-11,14H2,1-5H3,(H,22,24);1H. The van der Waals surface area contributed by atoms with Crippen LogP contribution in [0.2, 0.25) is 0 Å². The molecule has 0 aliphatic carbocycles. The molecule has 8 heteroatoms. The first-order valence-corrected chi connectivity index (χ1v) is 8.93. The molecule has 0 fully saturated rings. The van der Waals surface area contributed by atoms with E-state index in [9.17, 15) is 4.79 Å². The van der Waals surface area contributed by atoms with Gasteiger partial charge in [-0.2, -0.15) is 0 Å². The first kappa shape index (κ1) is 24.4. The molecule has 1 amide bonds. The van der Waals surface area contributed by atoms with Crippen molar-refractivity contribution in [1.82, 2.24) is 10.2 Å². The summed E-state index contributed by atoms with van der Waals surface area (Å²) < 4.78 is 21.7. The van der Waals surface area contributed by atoms with Crippen LogP contribution in [0.25, 0.3) is 0 Å². The summed E-state index contributed by atoms with van der Waals surface area (Å²) in [5, 5.41) is 2.91. The number of carbonyl (C=O) groups excluding carboxylic acids is 1. The highest BCUT2D eigenvalue weighted by Gasteiger charge is 2.17. The van der Waals surface area contributed by atoms with Crippen LogP contribution in [0.15, 0.2) is 36.4 Å². The number of likely N-dealkylation sites (N-methyl/N-ethyl adjacent to an activating group) is 1. The van der Waals surface area contributed by atoms with Gasteiger partial charge in [-0.15, -0.1) is 12.4 Å². The summed E-state index contributed by atoms with van der Waals surface area (Å²) in [6, 6.07) is 10.9. The van der Waals surface area contributed by atoms with Crippen molar-refractivity contribution in [1.29, 1.82) is 0 Å². The van der Waals surface area contributed by atoms with Crippen LogP contribution in [-0.2, 0) is 6.54 Å². The van der Waals surface area contributed by atoms with Crippen LogP contribution in [0.4, 0.5) is 0 Å². The second-order valence-electron chi connectivity index (χ2n) is 6.36.